The van der Waals surface area contributed by atoms with Gasteiger partial charge in [0, 0.05) is 12.5 Å². The van der Waals surface area contributed by atoms with Gasteiger partial charge in [0.15, 0.2) is 0 Å². The van der Waals surface area contributed by atoms with Gasteiger partial charge in [-0.3, -0.25) is 0 Å². The molecule has 0 saturated carbocycles. The highest BCUT2D eigenvalue weighted by Gasteiger charge is 2.47. The van der Waals surface area contributed by atoms with Gasteiger partial charge in [-0.25, -0.2) is 0 Å². The molecule has 2 atom stereocenters. The Morgan fingerprint density at radius 3 is 2.30 bits per heavy atom. The fraction of sp³-hybridized carbons (Fsp3) is 0.647. The van der Waals surface area contributed by atoms with Gasteiger partial charge in [-0.05, 0) is 58.7 Å². The van der Waals surface area contributed by atoms with Crippen molar-refractivity contribution in [2.45, 2.75) is 70.8 Å². The molecular weight excluding hydrogens is 250 g/mol. The molecule has 2 rings (SSSR count). The van der Waals surface area contributed by atoms with Gasteiger partial charge in [-0.1, -0.05) is 12.1 Å². The van der Waals surface area contributed by atoms with Gasteiger partial charge in [0.05, 0.1) is 5.60 Å². The normalized spacial score (nSPS) is 25.4. The number of ether oxygens (including phenoxy) is 2. The summed E-state index contributed by atoms with van der Waals surface area (Å²) < 4.78 is 12.2. The van der Waals surface area contributed by atoms with Gasteiger partial charge in [0.1, 0.15) is 17.5 Å². The highest BCUT2D eigenvalue weighted by Crippen LogP contribution is 2.39. The van der Waals surface area contributed by atoms with E-state index in [0.29, 0.717) is 0 Å². The molecule has 0 spiro atoms. The minimum absolute atomic E-state index is 0.0804. The van der Waals surface area contributed by atoms with Crippen LogP contribution in [0.15, 0.2) is 24.3 Å². The van der Waals surface area contributed by atoms with Crippen molar-refractivity contribution in [1.82, 2.24) is 0 Å². The van der Waals surface area contributed by atoms with E-state index in [1.54, 1.807) is 0 Å². The number of hydrogen-bond acceptors (Lipinski definition) is 3. The topological polar surface area (TPSA) is 44.5 Å². The Labute approximate surface area is 122 Å². The lowest BCUT2D eigenvalue weighted by atomic mass is 9.97. The molecule has 1 aromatic carbocycles. The fourth-order valence-corrected chi connectivity index (χ4v) is 2.94. The first-order chi connectivity index (χ1) is 9.18. The minimum atomic E-state index is -0.256. The van der Waals surface area contributed by atoms with Crippen LogP contribution in [-0.2, 0) is 11.2 Å². The van der Waals surface area contributed by atoms with Crippen molar-refractivity contribution < 1.29 is 9.47 Å². The molecular formula is C17H27NO2. The first-order valence-corrected chi connectivity index (χ1v) is 7.39. The number of rotatable bonds is 4. The van der Waals surface area contributed by atoms with Crippen LogP contribution in [0.3, 0.4) is 0 Å². The van der Waals surface area contributed by atoms with Crippen molar-refractivity contribution in [3.8, 4) is 5.75 Å². The van der Waals surface area contributed by atoms with Crippen molar-refractivity contribution in [3.63, 3.8) is 0 Å². The summed E-state index contributed by atoms with van der Waals surface area (Å²) in [5, 5.41) is 0. The highest BCUT2D eigenvalue weighted by atomic mass is 16.6. The molecule has 3 heteroatoms. The first-order valence-electron chi connectivity index (χ1n) is 7.39. The molecule has 1 heterocycles. The van der Waals surface area contributed by atoms with E-state index >= 15 is 0 Å². The molecule has 112 valence electrons. The number of nitrogens with two attached hydrogens (primary N) is 1. The van der Waals surface area contributed by atoms with E-state index < -0.39 is 0 Å². The average molecular weight is 277 g/mol. The van der Waals surface area contributed by atoms with Crippen LogP contribution in [0.2, 0.25) is 0 Å². The van der Waals surface area contributed by atoms with Gasteiger partial charge >= 0.3 is 0 Å². The molecule has 0 amide bonds. The van der Waals surface area contributed by atoms with Crippen LogP contribution in [0, 0.1) is 0 Å². The zero-order valence-electron chi connectivity index (χ0n) is 13.3. The van der Waals surface area contributed by atoms with Gasteiger partial charge in [-0.15, -0.1) is 0 Å². The second-order valence-electron chi connectivity index (χ2n) is 7.10. The summed E-state index contributed by atoms with van der Waals surface area (Å²) >= 11 is 0. The average Bonchev–Trinajstić information content (AvgIpc) is 2.48. The third kappa shape index (κ3) is 3.74. The molecule has 0 radical (unpaired) electrons. The van der Waals surface area contributed by atoms with E-state index in [2.05, 4.69) is 39.8 Å². The van der Waals surface area contributed by atoms with E-state index in [1.807, 2.05) is 19.1 Å². The van der Waals surface area contributed by atoms with Crippen LogP contribution >= 0.6 is 0 Å². The quantitative estimate of drug-likeness (QED) is 0.918. The molecule has 0 aliphatic carbocycles. The molecule has 1 fully saturated rings. The Morgan fingerprint density at radius 1 is 1.25 bits per heavy atom. The zero-order chi connectivity index (χ0) is 15.0. The molecule has 1 aliphatic heterocycles. The van der Waals surface area contributed by atoms with Crippen LogP contribution in [0.25, 0.3) is 0 Å². The third-order valence-corrected chi connectivity index (χ3v) is 3.75. The van der Waals surface area contributed by atoms with Crippen molar-refractivity contribution in [1.29, 1.82) is 0 Å². The third-order valence-electron chi connectivity index (χ3n) is 3.75. The lowest BCUT2D eigenvalue weighted by Gasteiger charge is -2.27. The highest BCUT2D eigenvalue weighted by molar-refractivity contribution is 5.28. The Morgan fingerprint density at radius 2 is 1.85 bits per heavy atom. The van der Waals surface area contributed by atoms with Crippen LogP contribution in [0.1, 0.15) is 46.6 Å². The van der Waals surface area contributed by atoms with Gasteiger partial charge in [-0.2, -0.15) is 0 Å². The Balaban J connectivity index is 2.03. The fourth-order valence-electron chi connectivity index (χ4n) is 2.94. The molecule has 1 saturated heterocycles. The monoisotopic (exact) mass is 277 g/mol. The van der Waals surface area contributed by atoms with Crippen LogP contribution < -0.4 is 10.5 Å². The van der Waals surface area contributed by atoms with Gasteiger partial charge in [0.25, 0.3) is 0 Å². The summed E-state index contributed by atoms with van der Waals surface area (Å²) in [6.45, 7) is 10.4. The molecule has 0 aromatic heterocycles. The summed E-state index contributed by atoms with van der Waals surface area (Å²) in [6, 6.07) is 8.42. The standard InChI is InChI=1S/C17H27NO2/c1-12(18)10-13-6-8-14(9-7-13)19-15-11-16(2,3)20-17(15,4)5/h6-9,12,15H,10-11,18H2,1-5H3. The molecule has 3 nitrogen and oxygen atoms in total. The van der Waals surface area contributed by atoms with Crippen molar-refractivity contribution in [2.75, 3.05) is 0 Å². The van der Waals surface area contributed by atoms with Crippen LogP contribution in [0.5, 0.6) is 5.75 Å². The summed E-state index contributed by atoms with van der Waals surface area (Å²) in [5.74, 6) is 0.901. The molecule has 2 unspecified atom stereocenters. The lowest BCUT2D eigenvalue weighted by molar-refractivity contribution is -0.0846. The zero-order valence-corrected chi connectivity index (χ0v) is 13.3. The Hall–Kier alpha value is -1.06. The van der Waals surface area contributed by atoms with E-state index in [1.165, 1.54) is 5.56 Å². The predicted octanol–water partition coefficient (Wildman–Crippen LogP) is 3.30. The van der Waals surface area contributed by atoms with E-state index in [4.69, 9.17) is 15.2 Å². The van der Waals surface area contributed by atoms with E-state index in [9.17, 15) is 0 Å². The molecule has 20 heavy (non-hydrogen) atoms. The molecule has 1 aliphatic rings. The Kier molecular flexibility index (Phi) is 4.12. The molecule has 0 bridgehead atoms. The maximum absolute atomic E-state index is 6.13. The second kappa shape index (κ2) is 5.38. The van der Waals surface area contributed by atoms with Gasteiger partial charge in [0.2, 0.25) is 0 Å². The maximum Gasteiger partial charge on any atom is 0.130 e. The van der Waals surface area contributed by atoms with Crippen molar-refractivity contribution in [2.24, 2.45) is 5.73 Å². The van der Waals surface area contributed by atoms with Gasteiger partial charge < -0.3 is 15.2 Å². The Bertz CT molecular complexity index is 449. The summed E-state index contributed by atoms with van der Waals surface area (Å²) in [4.78, 5) is 0. The summed E-state index contributed by atoms with van der Waals surface area (Å²) in [5.41, 5.74) is 6.68. The van der Waals surface area contributed by atoms with E-state index in [-0.39, 0.29) is 23.3 Å². The number of hydrogen-bond donors (Lipinski definition) is 1. The smallest absolute Gasteiger partial charge is 0.130 e. The van der Waals surface area contributed by atoms with Crippen LogP contribution in [0.4, 0.5) is 0 Å². The maximum atomic E-state index is 6.13. The SMILES string of the molecule is CC(N)Cc1ccc(OC2CC(C)(C)OC2(C)C)cc1. The predicted molar refractivity (Wildman–Crippen MR) is 82.1 cm³/mol. The lowest BCUT2D eigenvalue weighted by Crippen LogP contribution is -2.36. The van der Waals surface area contributed by atoms with E-state index in [0.717, 1.165) is 18.6 Å². The molecule has 1 aromatic rings. The number of benzene rings is 1. The van der Waals surface area contributed by atoms with Crippen LogP contribution in [-0.4, -0.2) is 23.3 Å². The largest absolute Gasteiger partial charge is 0.487 e. The van der Waals surface area contributed by atoms with Crippen molar-refractivity contribution in [3.05, 3.63) is 29.8 Å². The summed E-state index contributed by atoms with van der Waals surface area (Å²) in [6.07, 6.45) is 1.88. The first kappa shape index (κ1) is 15.3. The summed E-state index contributed by atoms with van der Waals surface area (Å²) in [7, 11) is 0. The molecule has 2 N–H and O–H groups in total. The second-order valence-corrected chi connectivity index (χ2v) is 7.10. The minimum Gasteiger partial charge on any atom is -0.487 e. The van der Waals surface area contributed by atoms with Crippen molar-refractivity contribution >= 4 is 0 Å².